The van der Waals surface area contributed by atoms with Gasteiger partial charge in [-0.1, -0.05) is 12.8 Å². The molecule has 0 bridgehead atoms. The molecule has 2 N–H and O–H groups in total. The van der Waals surface area contributed by atoms with Crippen LogP contribution in [0.25, 0.3) is 0 Å². The van der Waals surface area contributed by atoms with Crippen LogP contribution in [0.15, 0.2) is 29.5 Å². The van der Waals surface area contributed by atoms with Gasteiger partial charge in [-0.05, 0) is 25.8 Å². The first kappa shape index (κ1) is 17.2. The fourth-order valence-electron chi connectivity index (χ4n) is 3.39. The number of aromatic nitrogens is 4. The van der Waals surface area contributed by atoms with Crippen LogP contribution in [0.1, 0.15) is 50.9 Å². The van der Waals surface area contributed by atoms with Crippen LogP contribution in [-0.4, -0.2) is 32.8 Å². The minimum Gasteiger partial charge on any atom is -0.490 e. The summed E-state index contributed by atoms with van der Waals surface area (Å²) in [5.74, 6) is 0.579. The Morgan fingerprint density at radius 1 is 1.48 bits per heavy atom. The predicted molar refractivity (Wildman–Crippen MR) is 91.3 cm³/mol. The highest BCUT2D eigenvalue weighted by molar-refractivity contribution is 5.77. The molecule has 0 aliphatic heterocycles. The van der Waals surface area contributed by atoms with Crippen molar-refractivity contribution in [2.24, 2.45) is 0 Å². The quantitative estimate of drug-likeness (QED) is 0.826. The molecule has 134 valence electrons. The molecule has 1 atom stereocenters. The Bertz CT molecular complexity index is 778. The maximum Gasteiger partial charge on any atom is 0.293 e. The van der Waals surface area contributed by atoms with E-state index in [1.807, 2.05) is 19.2 Å². The van der Waals surface area contributed by atoms with Crippen molar-refractivity contribution in [1.82, 2.24) is 25.1 Å². The SMILES string of the molecule is COc1cnc(C2(NC(=O)CC(C)n3cccn3)CCCC2)[nH]c1=O. The molecule has 3 rings (SSSR count). The molecule has 0 aromatic carbocycles. The van der Waals surface area contributed by atoms with Gasteiger partial charge in [-0.2, -0.15) is 5.10 Å². The van der Waals surface area contributed by atoms with Crippen molar-refractivity contribution >= 4 is 5.91 Å². The summed E-state index contributed by atoms with van der Waals surface area (Å²) in [5.41, 5.74) is -0.954. The minimum absolute atomic E-state index is 0.0451. The number of amides is 1. The van der Waals surface area contributed by atoms with Crippen molar-refractivity contribution in [3.05, 3.63) is 40.8 Å². The van der Waals surface area contributed by atoms with Crippen molar-refractivity contribution < 1.29 is 9.53 Å². The topological polar surface area (TPSA) is 102 Å². The van der Waals surface area contributed by atoms with E-state index in [-0.39, 0.29) is 23.3 Å². The third-order valence-electron chi connectivity index (χ3n) is 4.73. The van der Waals surface area contributed by atoms with Gasteiger partial charge in [0, 0.05) is 18.8 Å². The lowest BCUT2D eigenvalue weighted by atomic mass is 9.95. The normalized spacial score (nSPS) is 17.2. The molecular formula is C17H23N5O3. The fraction of sp³-hybridized carbons (Fsp3) is 0.529. The van der Waals surface area contributed by atoms with Crippen molar-refractivity contribution in [3.63, 3.8) is 0 Å². The molecule has 2 aromatic rings. The van der Waals surface area contributed by atoms with E-state index in [1.165, 1.54) is 13.3 Å². The van der Waals surface area contributed by atoms with Gasteiger partial charge in [0.1, 0.15) is 5.82 Å². The highest BCUT2D eigenvalue weighted by Gasteiger charge is 2.39. The highest BCUT2D eigenvalue weighted by Crippen LogP contribution is 2.37. The molecule has 1 aliphatic carbocycles. The molecule has 1 aliphatic rings. The molecule has 1 amide bonds. The number of hydrogen-bond donors (Lipinski definition) is 2. The van der Waals surface area contributed by atoms with E-state index in [0.717, 1.165) is 25.7 Å². The van der Waals surface area contributed by atoms with Crippen LogP contribution in [0.2, 0.25) is 0 Å². The molecule has 1 saturated carbocycles. The van der Waals surface area contributed by atoms with Gasteiger partial charge < -0.3 is 15.0 Å². The molecule has 2 aromatic heterocycles. The number of nitrogens with one attached hydrogen (secondary N) is 2. The van der Waals surface area contributed by atoms with Crippen molar-refractivity contribution in [2.45, 2.75) is 50.6 Å². The van der Waals surface area contributed by atoms with Crippen LogP contribution in [0.5, 0.6) is 5.75 Å². The molecule has 25 heavy (non-hydrogen) atoms. The Morgan fingerprint density at radius 3 is 2.84 bits per heavy atom. The van der Waals surface area contributed by atoms with E-state index < -0.39 is 5.54 Å². The average Bonchev–Trinajstić information content (AvgIpc) is 3.27. The van der Waals surface area contributed by atoms with Gasteiger partial charge in [0.25, 0.3) is 5.56 Å². The summed E-state index contributed by atoms with van der Waals surface area (Å²) in [6.45, 7) is 1.95. The second kappa shape index (κ2) is 7.08. The second-order valence-electron chi connectivity index (χ2n) is 6.51. The summed E-state index contributed by atoms with van der Waals surface area (Å²) in [6.07, 6.45) is 8.71. The van der Waals surface area contributed by atoms with Gasteiger partial charge in [-0.15, -0.1) is 0 Å². The van der Waals surface area contributed by atoms with E-state index in [4.69, 9.17) is 4.74 Å². The third-order valence-corrected chi connectivity index (χ3v) is 4.73. The minimum atomic E-state index is -0.619. The Balaban J connectivity index is 1.77. The van der Waals surface area contributed by atoms with Gasteiger partial charge in [-0.3, -0.25) is 14.3 Å². The average molecular weight is 345 g/mol. The van der Waals surface area contributed by atoms with E-state index in [1.54, 1.807) is 10.9 Å². The smallest absolute Gasteiger partial charge is 0.293 e. The lowest BCUT2D eigenvalue weighted by molar-refractivity contribution is -0.124. The zero-order valence-electron chi connectivity index (χ0n) is 14.5. The van der Waals surface area contributed by atoms with Gasteiger partial charge in [-0.25, -0.2) is 4.98 Å². The maximum atomic E-state index is 12.6. The molecule has 8 heteroatoms. The summed E-state index contributed by atoms with van der Waals surface area (Å²) in [5, 5.41) is 7.28. The van der Waals surface area contributed by atoms with Crippen molar-refractivity contribution in [3.8, 4) is 5.75 Å². The number of hydrogen-bond acceptors (Lipinski definition) is 5. The van der Waals surface area contributed by atoms with Crippen LogP contribution in [0.4, 0.5) is 0 Å². The molecule has 2 heterocycles. The summed E-state index contributed by atoms with van der Waals surface area (Å²) in [4.78, 5) is 31.7. The number of aromatic amines is 1. The maximum absolute atomic E-state index is 12.6. The van der Waals surface area contributed by atoms with E-state index in [2.05, 4.69) is 20.4 Å². The number of ether oxygens (including phenoxy) is 1. The fourth-order valence-corrected chi connectivity index (χ4v) is 3.39. The zero-order chi connectivity index (χ0) is 17.9. The van der Waals surface area contributed by atoms with Crippen LogP contribution < -0.4 is 15.6 Å². The Morgan fingerprint density at radius 2 is 2.24 bits per heavy atom. The van der Waals surface area contributed by atoms with E-state index >= 15 is 0 Å². The van der Waals surface area contributed by atoms with Gasteiger partial charge in [0.2, 0.25) is 11.7 Å². The van der Waals surface area contributed by atoms with Crippen LogP contribution >= 0.6 is 0 Å². The Hall–Kier alpha value is -2.64. The summed E-state index contributed by atoms with van der Waals surface area (Å²) >= 11 is 0. The molecular weight excluding hydrogens is 322 g/mol. The highest BCUT2D eigenvalue weighted by atomic mass is 16.5. The standard InChI is InChI=1S/C17H23N5O3/c1-12(22-9-5-8-19-22)10-14(23)21-17(6-3-4-7-17)16-18-11-13(25-2)15(24)20-16/h5,8-9,11-12H,3-4,6-7,10H2,1-2H3,(H,21,23)(H,18,20,24). The number of rotatable bonds is 6. The first-order valence-corrected chi connectivity index (χ1v) is 8.48. The molecule has 0 radical (unpaired) electrons. The Labute approximate surface area is 145 Å². The molecule has 0 saturated heterocycles. The zero-order valence-corrected chi connectivity index (χ0v) is 14.5. The summed E-state index contributed by atoms with van der Waals surface area (Å²) in [6, 6.07) is 1.79. The number of methoxy groups -OCH3 is 1. The van der Waals surface area contributed by atoms with Gasteiger partial charge in [0.05, 0.1) is 24.9 Å². The van der Waals surface area contributed by atoms with E-state index in [0.29, 0.717) is 12.2 Å². The molecule has 8 nitrogen and oxygen atoms in total. The lowest BCUT2D eigenvalue weighted by Crippen LogP contribution is -2.46. The third kappa shape index (κ3) is 3.57. The summed E-state index contributed by atoms with van der Waals surface area (Å²) in [7, 11) is 1.43. The number of carbonyl (C=O) groups is 1. The largest absolute Gasteiger partial charge is 0.490 e. The first-order chi connectivity index (χ1) is 12.0. The molecule has 0 spiro atoms. The second-order valence-corrected chi connectivity index (χ2v) is 6.51. The summed E-state index contributed by atoms with van der Waals surface area (Å²) < 4.78 is 6.73. The monoisotopic (exact) mass is 345 g/mol. The number of H-pyrrole nitrogens is 1. The Kier molecular flexibility index (Phi) is 4.87. The van der Waals surface area contributed by atoms with E-state index in [9.17, 15) is 9.59 Å². The van der Waals surface area contributed by atoms with Gasteiger partial charge >= 0.3 is 0 Å². The van der Waals surface area contributed by atoms with Crippen molar-refractivity contribution in [2.75, 3.05) is 7.11 Å². The van der Waals surface area contributed by atoms with Crippen LogP contribution in [0.3, 0.4) is 0 Å². The molecule has 1 fully saturated rings. The number of carbonyl (C=O) groups excluding carboxylic acids is 1. The first-order valence-electron chi connectivity index (χ1n) is 8.48. The van der Waals surface area contributed by atoms with Crippen LogP contribution in [0, 0.1) is 0 Å². The number of nitrogens with zero attached hydrogens (tertiary/aromatic N) is 3. The van der Waals surface area contributed by atoms with Crippen molar-refractivity contribution in [1.29, 1.82) is 0 Å². The van der Waals surface area contributed by atoms with Gasteiger partial charge in [0.15, 0.2) is 0 Å². The predicted octanol–water partition coefficient (Wildman–Crippen LogP) is 1.51. The lowest BCUT2D eigenvalue weighted by Gasteiger charge is -2.29. The molecule has 1 unspecified atom stereocenters. The van der Waals surface area contributed by atoms with Crippen LogP contribution in [-0.2, 0) is 10.3 Å².